The third kappa shape index (κ3) is 2.01. The van der Waals surface area contributed by atoms with Gasteiger partial charge in [0, 0.05) is 11.2 Å². The van der Waals surface area contributed by atoms with Crippen molar-refractivity contribution in [2.45, 2.75) is 26.3 Å². The maximum Gasteiger partial charge on any atom is 0.0405 e. The van der Waals surface area contributed by atoms with Gasteiger partial charge in [0.25, 0.3) is 0 Å². The lowest BCUT2D eigenvalue weighted by atomic mass is 9.82. The van der Waals surface area contributed by atoms with E-state index in [9.17, 15) is 0 Å². The first-order valence-electron chi connectivity index (χ1n) is 4.59. The molecule has 0 saturated carbocycles. The van der Waals surface area contributed by atoms with Gasteiger partial charge in [-0.15, -0.1) is 0 Å². The van der Waals surface area contributed by atoms with Crippen molar-refractivity contribution in [3.8, 4) is 0 Å². The number of anilines is 1. The average molecular weight is 178 g/mol. The van der Waals surface area contributed by atoms with Crippen LogP contribution in [0.5, 0.6) is 0 Å². The third-order valence-electron chi connectivity index (χ3n) is 2.71. The molecule has 1 rings (SSSR count). The highest BCUT2D eigenvalue weighted by atomic mass is 14.7. The van der Waals surface area contributed by atoms with Gasteiger partial charge in [-0.3, -0.25) is 0 Å². The third-order valence-corrected chi connectivity index (χ3v) is 2.71. The summed E-state index contributed by atoms with van der Waals surface area (Å²) in [7, 11) is 0. The van der Waals surface area contributed by atoms with Crippen molar-refractivity contribution >= 4 is 5.69 Å². The first kappa shape index (κ1) is 10.1. The molecular weight excluding hydrogens is 160 g/mol. The van der Waals surface area contributed by atoms with E-state index in [1.807, 2.05) is 31.2 Å². The summed E-state index contributed by atoms with van der Waals surface area (Å²) in [5.74, 6) is 0.397. The van der Waals surface area contributed by atoms with E-state index in [0.29, 0.717) is 5.92 Å². The molecule has 1 aromatic rings. The molecule has 1 aromatic carbocycles. The normalized spacial score (nSPS) is 15.8. The SMILES string of the molecule is CC(C)[C@@](C)(N)c1cccc(N)c1. The van der Waals surface area contributed by atoms with Crippen LogP contribution in [0.2, 0.25) is 0 Å². The smallest absolute Gasteiger partial charge is 0.0405 e. The zero-order valence-corrected chi connectivity index (χ0v) is 8.54. The predicted molar refractivity (Wildman–Crippen MR) is 57.2 cm³/mol. The van der Waals surface area contributed by atoms with Gasteiger partial charge in [0.2, 0.25) is 0 Å². The summed E-state index contributed by atoms with van der Waals surface area (Å²) in [5, 5.41) is 0. The number of nitrogens with two attached hydrogens (primary N) is 2. The number of benzene rings is 1. The quantitative estimate of drug-likeness (QED) is 0.681. The monoisotopic (exact) mass is 178 g/mol. The predicted octanol–water partition coefficient (Wildman–Crippen LogP) is 2.10. The Hall–Kier alpha value is -1.02. The molecule has 4 N–H and O–H groups in total. The van der Waals surface area contributed by atoms with Gasteiger partial charge >= 0.3 is 0 Å². The molecule has 2 heteroatoms. The summed E-state index contributed by atoms with van der Waals surface area (Å²) < 4.78 is 0. The Balaban J connectivity index is 3.07. The lowest BCUT2D eigenvalue weighted by Gasteiger charge is -2.29. The molecule has 2 nitrogen and oxygen atoms in total. The van der Waals surface area contributed by atoms with Crippen molar-refractivity contribution in [1.29, 1.82) is 0 Å². The average Bonchev–Trinajstić information content (AvgIpc) is 2.04. The first-order chi connectivity index (χ1) is 5.94. The van der Waals surface area contributed by atoms with E-state index in [-0.39, 0.29) is 5.54 Å². The fraction of sp³-hybridized carbons (Fsp3) is 0.455. The van der Waals surface area contributed by atoms with E-state index in [4.69, 9.17) is 11.5 Å². The zero-order chi connectivity index (χ0) is 10.1. The van der Waals surface area contributed by atoms with Crippen LogP contribution in [0.1, 0.15) is 26.3 Å². The summed E-state index contributed by atoms with van der Waals surface area (Å²) >= 11 is 0. The highest BCUT2D eigenvalue weighted by molar-refractivity contribution is 5.43. The van der Waals surface area contributed by atoms with Crippen LogP contribution in [0, 0.1) is 5.92 Å². The van der Waals surface area contributed by atoms with Gasteiger partial charge in [-0.25, -0.2) is 0 Å². The molecule has 0 bridgehead atoms. The molecule has 1 atom stereocenters. The van der Waals surface area contributed by atoms with E-state index >= 15 is 0 Å². The van der Waals surface area contributed by atoms with Gasteiger partial charge in [0.15, 0.2) is 0 Å². The maximum absolute atomic E-state index is 6.19. The van der Waals surface area contributed by atoms with Gasteiger partial charge in [-0.1, -0.05) is 26.0 Å². The highest BCUT2D eigenvalue weighted by Crippen LogP contribution is 2.26. The largest absolute Gasteiger partial charge is 0.399 e. The van der Waals surface area contributed by atoms with Crippen LogP contribution < -0.4 is 11.5 Å². The molecule has 0 unspecified atom stereocenters. The minimum absolute atomic E-state index is 0.296. The number of nitrogen functional groups attached to an aromatic ring is 1. The van der Waals surface area contributed by atoms with Gasteiger partial charge < -0.3 is 11.5 Å². The number of rotatable bonds is 2. The van der Waals surface area contributed by atoms with Gasteiger partial charge in [-0.2, -0.15) is 0 Å². The van der Waals surface area contributed by atoms with Crippen molar-refractivity contribution in [1.82, 2.24) is 0 Å². The Morgan fingerprint density at radius 3 is 2.38 bits per heavy atom. The minimum Gasteiger partial charge on any atom is -0.399 e. The summed E-state index contributed by atoms with van der Waals surface area (Å²) in [4.78, 5) is 0. The van der Waals surface area contributed by atoms with Crippen molar-refractivity contribution in [2.24, 2.45) is 11.7 Å². The molecule has 0 radical (unpaired) electrons. The minimum atomic E-state index is -0.296. The lowest BCUT2D eigenvalue weighted by molar-refractivity contribution is 0.351. The Morgan fingerprint density at radius 2 is 1.92 bits per heavy atom. The molecular formula is C11H18N2. The lowest BCUT2D eigenvalue weighted by Crippen LogP contribution is -2.38. The van der Waals surface area contributed by atoms with Crippen molar-refractivity contribution in [3.05, 3.63) is 29.8 Å². The van der Waals surface area contributed by atoms with E-state index in [1.165, 1.54) is 0 Å². The van der Waals surface area contributed by atoms with Crippen LogP contribution in [0.25, 0.3) is 0 Å². The maximum atomic E-state index is 6.19. The van der Waals surface area contributed by atoms with Crippen molar-refractivity contribution in [2.75, 3.05) is 5.73 Å². The van der Waals surface area contributed by atoms with E-state index < -0.39 is 0 Å². The van der Waals surface area contributed by atoms with Crippen molar-refractivity contribution < 1.29 is 0 Å². The van der Waals surface area contributed by atoms with Crippen LogP contribution in [0.4, 0.5) is 5.69 Å². The second kappa shape index (κ2) is 3.38. The van der Waals surface area contributed by atoms with Crippen LogP contribution in [-0.4, -0.2) is 0 Å². The zero-order valence-electron chi connectivity index (χ0n) is 8.54. The molecule has 0 fully saturated rings. The van der Waals surface area contributed by atoms with Crippen LogP contribution >= 0.6 is 0 Å². The standard InChI is InChI=1S/C11H18N2/c1-8(2)11(3,13)9-5-4-6-10(12)7-9/h4-8H,12-13H2,1-3H3/t11-/m1/s1. The van der Waals surface area contributed by atoms with Gasteiger partial charge in [-0.05, 0) is 30.5 Å². The molecule has 0 aromatic heterocycles. The summed E-state index contributed by atoms with van der Waals surface area (Å²) in [6, 6.07) is 7.79. The van der Waals surface area contributed by atoms with Crippen molar-refractivity contribution in [3.63, 3.8) is 0 Å². The second-order valence-corrected chi connectivity index (χ2v) is 4.06. The summed E-state index contributed by atoms with van der Waals surface area (Å²) in [6.45, 7) is 6.26. The van der Waals surface area contributed by atoms with Crippen LogP contribution in [0.15, 0.2) is 24.3 Å². The summed E-state index contributed by atoms with van der Waals surface area (Å²) in [5.41, 5.74) is 13.5. The van der Waals surface area contributed by atoms with Gasteiger partial charge in [0.1, 0.15) is 0 Å². The molecule has 0 amide bonds. The molecule has 0 aliphatic carbocycles. The molecule has 0 spiro atoms. The Kier molecular flexibility index (Phi) is 2.62. The molecule has 0 saturated heterocycles. The number of hydrogen-bond donors (Lipinski definition) is 2. The highest BCUT2D eigenvalue weighted by Gasteiger charge is 2.24. The topological polar surface area (TPSA) is 52.0 Å². The van der Waals surface area contributed by atoms with E-state index in [0.717, 1.165) is 11.3 Å². The van der Waals surface area contributed by atoms with E-state index in [1.54, 1.807) is 0 Å². The molecule has 13 heavy (non-hydrogen) atoms. The first-order valence-corrected chi connectivity index (χ1v) is 4.59. The fourth-order valence-corrected chi connectivity index (χ4v) is 1.21. The molecule has 0 aliphatic heterocycles. The Morgan fingerprint density at radius 1 is 1.31 bits per heavy atom. The molecule has 72 valence electrons. The van der Waals surface area contributed by atoms with Crippen LogP contribution in [-0.2, 0) is 5.54 Å². The molecule has 0 aliphatic rings. The Labute approximate surface area is 79.9 Å². The fourth-order valence-electron chi connectivity index (χ4n) is 1.21. The summed E-state index contributed by atoms with van der Waals surface area (Å²) in [6.07, 6.45) is 0. The Bertz CT molecular complexity index is 290. The second-order valence-electron chi connectivity index (χ2n) is 4.06. The van der Waals surface area contributed by atoms with E-state index in [2.05, 4.69) is 13.8 Å². The van der Waals surface area contributed by atoms with Crippen LogP contribution in [0.3, 0.4) is 0 Å². The number of hydrogen-bond acceptors (Lipinski definition) is 2. The molecule has 0 heterocycles. The van der Waals surface area contributed by atoms with Gasteiger partial charge in [0.05, 0.1) is 0 Å².